The largest absolute Gasteiger partial charge is 0.310 e. The van der Waals surface area contributed by atoms with Crippen LogP contribution in [0.5, 0.6) is 0 Å². The van der Waals surface area contributed by atoms with Crippen LogP contribution in [0.4, 0.5) is 0 Å². The lowest BCUT2D eigenvalue weighted by molar-refractivity contribution is 0.457. The second kappa shape index (κ2) is 5.58. The molecular formula is C18H21N. The first-order chi connectivity index (χ1) is 9.31. The topological polar surface area (TPSA) is 12.0 Å². The predicted octanol–water partition coefficient (Wildman–Crippen LogP) is 3.64. The highest BCUT2D eigenvalue weighted by Crippen LogP contribution is 2.21. The van der Waals surface area contributed by atoms with E-state index in [1.165, 1.54) is 41.5 Å². The van der Waals surface area contributed by atoms with Gasteiger partial charge in [-0.2, -0.15) is 0 Å². The molecule has 1 heteroatoms. The van der Waals surface area contributed by atoms with Crippen LogP contribution in [0.15, 0.2) is 48.5 Å². The van der Waals surface area contributed by atoms with Crippen LogP contribution in [0.2, 0.25) is 0 Å². The molecule has 0 aliphatic heterocycles. The van der Waals surface area contributed by atoms with Crippen molar-refractivity contribution < 1.29 is 0 Å². The summed E-state index contributed by atoms with van der Waals surface area (Å²) >= 11 is 0. The smallest absolute Gasteiger partial charge is 0.0208 e. The van der Waals surface area contributed by atoms with Crippen molar-refractivity contribution in [3.05, 3.63) is 70.8 Å². The molecular weight excluding hydrogens is 230 g/mol. The molecule has 1 unspecified atom stereocenters. The summed E-state index contributed by atoms with van der Waals surface area (Å²) < 4.78 is 0. The zero-order valence-corrected chi connectivity index (χ0v) is 11.5. The maximum atomic E-state index is 3.70. The number of aryl methyl sites for hydroxylation is 2. The van der Waals surface area contributed by atoms with Crippen molar-refractivity contribution in [3.8, 4) is 0 Å². The molecule has 3 rings (SSSR count). The molecule has 0 bridgehead atoms. The molecule has 98 valence electrons. The van der Waals surface area contributed by atoms with Crippen LogP contribution in [-0.2, 0) is 19.4 Å². The molecule has 1 nitrogen and oxygen atoms in total. The number of benzene rings is 2. The van der Waals surface area contributed by atoms with Crippen molar-refractivity contribution >= 4 is 0 Å². The molecule has 0 radical (unpaired) electrons. The fourth-order valence-electron chi connectivity index (χ4n) is 2.84. The van der Waals surface area contributed by atoms with Crippen LogP contribution in [-0.4, -0.2) is 6.04 Å². The molecule has 1 aliphatic rings. The summed E-state index contributed by atoms with van der Waals surface area (Å²) in [5.74, 6) is 0. The van der Waals surface area contributed by atoms with Gasteiger partial charge in [0.15, 0.2) is 0 Å². The Morgan fingerprint density at radius 2 is 1.74 bits per heavy atom. The zero-order valence-electron chi connectivity index (χ0n) is 11.5. The van der Waals surface area contributed by atoms with E-state index >= 15 is 0 Å². The van der Waals surface area contributed by atoms with Crippen molar-refractivity contribution in [1.82, 2.24) is 5.32 Å². The van der Waals surface area contributed by atoms with Gasteiger partial charge in [0, 0.05) is 12.6 Å². The molecule has 0 amide bonds. The van der Waals surface area contributed by atoms with Crippen LogP contribution in [0, 0.1) is 6.92 Å². The first-order valence-electron chi connectivity index (χ1n) is 7.17. The summed E-state index contributed by atoms with van der Waals surface area (Å²) in [6.07, 6.45) is 3.63. The van der Waals surface area contributed by atoms with E-state index in [4.69, 9.17) is 0 Å². The van der Waals surface area contributed by atoms with Gasteiger partial charge in [0.25, 0.3) is 0 Å². The van der Waals surface area contributed by atoms with Crippen molar-refractivity contribution in [2.75, 3.05) is 0 Å². The van der Waals surface area contributed by atoms with E-state index in [0.29, 0.717) is 6.04 Å². The molecule has 19 heavy (non-hydrogen) atoms. The lowest BCUT2D eigenvalue weighted by atomic mass is 9.88. The summed E-state index contributed by atoms with van der Waals surface area (Å²) in [7, 11) is 0. The second-order valence-electron chi connectivity index (χ2n) is 5.57. The van der Waals surface area contributed by atoms with Crippen molar-refractivity contribution in [3.63, 3.8) is 0 Å². The summed E-state index contributed by atoms with van der Waals surface area (Å²) in [5.41, 5.74) is 5.77. The fourth-order valence-corrected chi connectivity index (χ4v) is 2.84. The average Bonchev–Trinajstić information content (AvgIpc) is 2.46. The van der Waals surface area contributed by atoms with Gasteiger partial charge in [-0.1, -0.05) is 54.1 Å². The van der Waals surface area contributed by atoms with E-state index in [-0.39, 0.29) is 0 Å². The molecule has 1 N–H and O–H groups in total. The van der Waals surface area contributed by atoms with Gasteiger partial charge >= 0.3 is 0 Å². The van der Waals surface area contributed by atoms with Crippen LogP contribution >= 0.6 is 0 Å². The van der Waals surface area contributed by atoms with Crippen molar-refractivity contribution in [1.29, 1.82) is 0 Å². The molecule has 0 spiro atoms. The number of rotatable bonds is 3. The van der Waals surface area contributed by atoms with E-state index < -0.39 is 0 Å². The van der Waals surface area contributed by atoms with Crippen LogP contribution in [0.25, 0.3) is 0 Å². The second-order valence-corrected chi connectivity index (χ2v) is 5.57. The van der Waals surface area contributed by atoms with E-state index in [0.717, 1.165) is 6.54 Å². The molecule has 0 fully saturated rings. The maximum Gasteiger partial charge on any atom is 0.0208 e. The SMILES string of the molecule is Cc1ccc(CNC2CCc3ccccc3C2)cc1. The molecule has 0 saturated heterocycles. The van der Waals surface area contributed by atoms with Crippen molar-refractivity contribution in [2.45, 2.75) is 38.8 Å². The van der Waals surface area contributed by atoms with E-state index in [2.05, 4.69) is 60.8 Å². The minimum absolute atomic E-state index is 0.621. The highest BCUT2D eigenvalue weighted by atomic mass is 14.9. The van der Waals surface area contributed by atoms with Gasteiger partial charge in [-0.15, -0.1) is 0 Å². The van der Waals surface area contributed by atoms with Gasteiger partial charge in [-0.05, 0) is 42.9 Å². The van der Waals surface area contributed by atoms with E-state index in [9.17, 15) is 0 Å². The highest BCUT2D eigenvalue weighted by molar-refractivity contribution is 5.30. The lowest BCUT2D eigenvalue weighted by Gasteiger charge is -2.25. The summed E-state index contributed by atoms with van der Waals surface area (Å²) in [6, 6.07) is 18.3. The summed E-state index contributed by atoms with van der Waals surface area (Å²) in [4.78, 5) is 0. The average molecular weight is 251 g/mol. The van der Waals surface area contributed by atoms with Gasteiger partial charge in [-0.25, -0.2) is 0 Å². The Morgan fingerprint density at radius 1 is 1.00 bits per heavy atom. The van der Waals surface area contributed by atoms with Crippen LogP contribution < -0.4 is 5.32 Å². The maximum absolute atomic E-state index is 3.70. The zero-order chi connectivity index (χ0) is 13.1. The van der Waals surface area contributed by atoms with Gasteiger partial charge < -0.3 is 5.32 Å². The Labute approximate surface area is 115 Å². The van der Waals surface area contributed by atoms with Crippen LogP contribution in [0.3, 0.4) is 0 Å². The quantitative estimate of drug-likeness (QED) is 0.878. The van der Waals surface area contributed by atoms with Gasteiger partial charge in [0.05, 0.1) is 0 Å². The standard InChI is InChI=1S/C18H21N/c1-14-6-8-15(9-7-14)13-19-18-11-10-16-4-2-3-5-17(16)12-18/h2-9,18-19H,10-13H2,1H3. The lowest BCUT2D eigenvalue weighted by Crippen LogP contribution is -2.34. The fraction of sp³-hybridized carbons (Fsp3) is 0.333. The van der Waals surface area contributed by atoms with Gasteiger partial charge in [0.2, 0.25) is 0 Å². The third-order valence-electron chi connectivity index (χ3n) is 4.06. The Bertz CT molecular complexity index is 542. The first-order valence-corrected chi connectivity index (χ1v) is 7.17. The molecule has 2 aromatic rings. The first kappa shape index (κ1) is 12.4. The minimum atomic E-state index is 0.621. The monoisotopic (exact) mass is 251 g/mol. The Hall–Kier alpha value is -1.60. The molecule has 0 aromatic heterocycles. The molecule has 1 aliphatic carbocycles. The number of hydrogen-bond donors (Lipinski definition) is 1. The Kier molecular flexibility index (Phi) is 3.65. The third kappa shape index (κ3) is 3.05. The molecule has 0 saturated carbocycles. The molecule has 2 aromatic carbocycles. The number of nitrogens with one attached hydrogen (secondary N) is 1. The number of hydrogen-bond acceptors (Lipinski definition) is 1. The van der Waals surface area contributed by atoms with Gasteiger partial charge in [-0.3, -0.25) is 0 Å². The highest BCUT2D eigenvalue weighted by Gasteiger charge is 2.17. The summed E-state index contributed by atoms with van der Waals surface area (Å²) in [6.45, 7) is 3.11. The van der Waals surface area contributed by atoms with Crippen molar-refractivity contribution in [2.24, 2.45) is 0 Å². The molecule has 1 atom stereocenters. The Morgan fingerprint density at radius 3 is 2.53 bits per heavy atom. The van der Waals surface area contributed by atoms with E-state index in [1.54, 1.807) is 0 Å². The minimum Gasteiger partial charge on any atom is -0.310 e. The predicted molar refractivity (Wildman–Crippen MR) is 80.3 cm³/mol. The van der Waals surface area contributed by atoms with Gasteiger partial charge in [0.1, 0.15) is 0 Å². The normalized spacial score (nSPS) is 18.1. The third-order valence-corrected chi connectivity index (χ3v) is 4.06. The molecule has 0 heterocycles. The Balaban J connectivity index is 1.59. The van der Waals surface area contributed by atoms with Crippen LogP contribution in [0.1, 0.15) is 28.7 Å². The summed E-state index contributed by atoms with van der Waals surface area (Å²) in [5, 5.41) is 3.70. The van der Waals surface area contributed by atoms with E-state index in [1.807, 2.05) is 0 Å². The number of fused-ring (bicyclic) bond motifs is 1.